The van der Waals surface area contributed by atoms with Gasteiger partial charge >= 0.3 is 0 Å². The van der Waals surface area contributed by atoms with Crippen LogP contribution in [0.5, 0.6) is 0 Å². The molecule has 8 nitrogen and oxygen atoms in total. The van der Waals surface area contributed by atoms with Crippen molar-refractivity contribution in [3.63, 3.8) is 0 Å². The number of halogens is 1. The number of nitrogens with one attached hydrogen (secondary N) is 5. The van der Waals surface area contributed by atoms with Crippen molar-refractivity contribution in [2.24, 2.45) is 5.10 Å². The van der Waals surface area contributed by atoms with E-state index in [1.807, 2.05) is 14.0 Å². The molecule has 2 unspecified atom stereocenters. The van der Waals surface area contributed by atoms with Crippen molar-refractivity contribution in [3.05, 3.63) is 36.0 Å². The molecule has 5 N–H and O–H groups in total. The smallest absolute Gasteiger partial charge is 0.256 e. The lowest BCUT2D eigenvalue weighted by molar-refractivity contribution is 0.270. The van der Waals surface area contributed by atoms with Crippen molar-refractivity contribution in [1.29, 1.82) is 10.8 Å². The predicted molar refractivity (Wildman–Crippen MR) is 122 cm³/mol. The molecule has 1 aromatic heterocycles. The molecule has 1 heterocycles. The van der Waals surface area contributed by atoms with E-state index in [4.69, 9.17) is 15.6 Å². The Labute approximate surface area is 170 Å². The molecular weight excluding hydrogens is 464 g/mol. The fourth-order valence-electron chi connectivity index (χ4n) is 1.73. The zero-order valence-electron chi connectivity index (χ0n) is 14.4. The molecule has 10 heteroatoms. The van der Waals surface area contributed by atoms with E-state index < -0.39 is 0 Å². The number of hydrazone groups is 1. The number of hydrogen-bond donors (Lipinski definition) is 5. The summed E-state index contributed by atoms with van der Waals surface area (Å²) in [5.41, 5.74) is 4.06. The highest BCUT2D eigenvalue weighted by atomic mass is 127. The van der Waals surface area contributed by atoms with Crippen LogP contribution in [0, 0.1) is 10.8 Å². The van der Waals surface area contributed by atoms with E-state index in [9.17, 15) is 0 Å². The van der Waals surface area contributed by atoms with Crippen LogP contribution in [0.2, 0.25) is 0 Å². The molecule has 0 fully saturated rings. The zero-order valence-corrected chi connectivity index (χ0v) is 17.6. The number of nitrogens with zero attached hydrogens (tertiary/aromatic N) is 2. The molecule has 0 amide bonds. The molecule has 0 radical (unpaired) electrons. The zero-order chi connectivity index (χ0) is 18.8. The number of rotatable bonds is 10. The van der Waals surface area contributed by atoms with Crippen LogP contribution in [0.15, 0.2) is 30.0 Å². The minimum Gasteiger partial charge on any atom is -0.474 e. The second-order valence-electron chi connectivity index (χ2n) is 4.97. The van der Waals surface area contributed by atoms with Crippen LogP contribution in [-0.4, -0.2) is 49.0 Å². The molecule has 0 saturated heterocycles. The van der Waals surface area contributed by atoms with Gasteiger partial charge in [-0.3, -0.25) is 5.41 Å². The quantitative estimate of drug-likeness (QED) is 0.113. The maximum absolute atomic E-state index is 8.39. The number of ether oxygens (including phenoxy) is 1. The van der Waals surface area contributed by atoms with Crippen molar-refractivity contribution >= 4 is 51.6 Å². The van der Waals surface area contributed by atoms with Gasteiger partial charge in [0, 0.05) is 36.8 Å². The fourth-order valence-corrected chi connectivity index (χ4v) is 2.79. The minimum atomic E-state index is 0. The topological polar surface area (TPSA) is 118 Å². The SMILES string of the molecule is C.C=CC(=N)c1cc(C(=N)/C(=N\NC)OCC(C)NC)cnc1NPI. The Morgan fingerprint density at radius 1 is 1.50 bits per heavy atom. The van der Waals surface area contributed by atoms with Crippen LogP contribution in [0.4, 0.5) is 5.82 Å². The Bertz CT molecular complexity index is 666. The third-order valence-electron chi connectivity index (χ3n) is 3.23. The molecule has 1 rings (SSSR count). The maximum Gasteiger partial charge on any atom is 0.256 e. The first-order valence-electron chi connectivity index (χ1n) is 7.45. The van der Waals surface area contributed by atoms with E-state index in [-0.39, 0.29) is 30.8 Å². The predicted octanol–water partition coefficient (Wildman–Crippen LogP) is 3.15. The highest BCUT2D eigenvalue weighted by molar-refractivity contribution is 14.2. The Morgan fingerprint density at radius 3 is 2.73 bits per heavy atom. The van der Waals surface area contributed by atoms with Crippen molar-refractivity contribution in [3.8, 4) is 0 Å². The summed E-state index contributed by atoms with van der Waals surface area (Å²) >= 11 is 2.19. The van der Waals surface area contributed by atoms with Gasteiger partial charge in [0.05, 0.1) is 5.71 Å². The molecule has 0 aliphatic heterocycles. The first-order valence-corrected chi connectivity index (χ1v) is 11.6. The summed E-state index contributed by atoms with van der Waals surface area (Å²) < 4.78 is 5.64. The molecule has 26 heavy (non-hydrogen) atoms. The van der Waals surface area contributed by atoms with Gasteiger partial charge < -0.3 is 26.0 Å². The third-order valence-corrected chi connectivity index (χ3v) is 4.37. The van der Waals surface area contributed by atoms with E-state index in [0.29, 0.717) is 29.9 Å². The molecular formula is C16H27IN7OP. The van der Waals surface area contributed by atoms with Crippen LogP contribution in [0.3, 0.4) is 0 Å². The fraction of sp³-hybridized carbons (Fsp3) is 0.375. The van der Waals surface area contributed by atoms with E-state index in [1.165, 1.54) is 6.08 Å². The molecule has 0 bridgehead atoms. The van der Waals surface area contributed by atoms with E-state index in [2.05, 4.69) is 54.5 Å². The van der Waals surface area contributed by atoms with E-state index >= 15 is 0 Å². The monoisotopic (exact) mass is 491 g/mol. The van der Waals surface area contributed by atoms with Crippen molar-refractivity contribution in [2.75, 3.05) is 25.8 Å². The summed E-state index contributed by atoms with van der Waals surface area (Å²) in [6, 6.07) is 1.84. The molecule has 0 spiro atoms. The van der Waals surface area contributed by atoms with E-state index in [0.717, 1.165) is 0 Å². The highest BCUT2D eigenvalue weighted by Crippen LogP contribution is 2.26. The van der Waals surface area contributed by atoms with Gasteiger partial charge in [0.15, 0.2) is 0 Å². The molecule has 0 aliphatic carbocycles. The summed E-state index contributed by atoms with van der Waals surface area (Å²) in [5, 5.41) is 26.6. The lowest BCUT2D eigenvalue weighted by atomic mass is 10.1. The number of aromatic nitrogens is 1. The van der Waals surface area contributed by atoms with Gasteiger partial charge in [-0.2, -0.15) is 0 Å². The van der Waals surface area contributed by atoms with Crippen molar-refractivity contribution < 1.29 is 4.74 Å². The van der Waals surface area contributed by atoms with Crippen molar-refractivity contribution in [2.45, 2.75) is 20.4 Å². The summed E-state index contributed by atoms with van der Waals surface area (Å²) in [5.74, 6) is 0.755. The number of pyridine rings is 1. The standard InChI is InChI=1S/C15H23IN7OP.CH4/c1-5-12(17)11-6-10(7-21-14(11)23-25-16)13(18)15(22-20-4)24-8-9(2)19-3;/h5-7,9,17-20,25H,1,8H2,2-4H3,(H,21,23);1H4/b17-12?,18-13?,22-15+;. The van der Waals surface area contributed by atoms with Gasteiger partial charge in [0.1, 0.15) is 18.1 Å². The minimum absolute atomic E-state index is 0. The number of likely N-dealkylation sites (N-methyl/N-ethyl adjacent to an activating group) is 1. The van der Waals surface area contributed by atoms with Crippen LogP contribution < -0.4 is 15.8 Å². The summed E-state index contributed by atoms with van der Waals surface area (Å²) in [4.78, 5) is 4.33. The molecule has 0 aliphatic rings. The van der Waals surface area contributed by atoms with Crippen molar-refractivity contribution in [1.82, 2.24) is 15.7 Å². The van der Waals surface area contributed by atoms with Gasteiger partial charge in [-0.05, 0) is 48.2 Å². The molecule has 1 aromatic rings. The molecule has 0 saturated carbocycles. The number of hydrogen-bond acceptors (Lipinski definition) is 8. The maximum atomic E-state index is 8.39. The normalized spacial score (nSPS) is 12.2. The van der Waals surface area contributed by atoms with Gasteiger partial charge in [-0.15, -0.1) is 5.10 Å². The number of anilines is 1. The largest absolute Gasteiger partial charge is 0.474 e. The first-order chi connectivity index (χ1) is 12.0. The van der Waals surface area contributed by atoms with Gasteiger partial charge in [-0.25, -0.2) is 4.98 Å². The summed E-state index contributed by atoms with van der Waals surface area (Å²) in [6.45, 7) is 5.98. The van der Waals surface area contributed by atoms with Gasteiger partial charge in [0.2, 0.25) is 0 Å². The van der Waals surface area contributed by atoms with E-state index in [1.54, 1.807) is 19.3 Å². The summed E-state index contributed by atoms with van der Waals surface area (Å²) in [7, 11) is 3.48. The Balaban J connectivity index is 0.00000625. The number of allylic oxidation sites excluding steroid dienone is 1. The van der Waals surface area contributed by atoms with Crippen LogP contribution >= 0.6 is 28.4 Å². The van der Waals surface area contributed by atoms with Crippen LogP contribution in [-0.2, 0) is 4.74 Å². The Morgan fingerprint density at radius 2 is 2.19 bits per heavy atom. The third kappa shape index (κ3) is 6.97. The van der Waals surface area contributed by atoms with Gasteiger partial charge in [-0.1, -0.05) is 14.0 Å². The lowest BCUT2D eigenvalue weighted by Crippen LogP contribution is -2.31. The second kappa shape index (κ2) is 12.7. The van der Waals surface area contributed by atoms with Gasteiger partial charge in [0.25, 0.3) is 5.90 Å². The highest BCUT2D eigenvalue weighted by Gasteiger charge is 2.17. The second-order valence-corrected chi connectivity index (χ2v) is 7.03. The Kier molecular flexibility index (Phi) is 11.9. The Hall–Kier alpha value is -1.58. The molecule has 0 aromatic carbocycles. The van der Waals surface area contributed by atoms with Crippen LogP contribution in [0.25, 0.3) is 0 Å². The first kappa shape index (κ1) is 24.4. The average Bonchev–Trinajstić information content (AvgIpc) is 2.64. The lowest BCUT2D eigenvalue weighted by Gasteiger charge is -2.15. The molecule has 2 atom stereocenters. The summed E-state index contributed by atoms with van der Waals surface area (Å²) in [6.07, 6.45) is 3.43. The van der Waals surface area contributed by atoms with Crippen LogP contribution in [0.1, 0.15) is 25.5 Å². The molecule has 144 valence electrons. The average molecular weight is 491 g/mol.